The Balaban J connectivity index is 1.68. The van der Waals surface area contributed by atoms with Crippen molar-refractivity contribution in [3.05, 3.63) is 53.8 Å². The second-order valence-corrected chi connectivity index (χ2v) is 7.59. The van der Waals surface area contributed by atoms with Crippen LogP contribution in [0.5, 0.6) is 5.75 Å². The van der Waals surface area contributed by atoms with E-state index in [2.05, 4.69) is 15.6 Å². The Morgan fingerprint density at radius 3 is 2.69 bits per heavy atom. The fourth-order valence-electron chi connectivity index (χ4n) is 3.58. The van der Waals surface area contributed by atoms with Crippen LogP contribution in [-0.2, 0) is 0 Å². The van der Waals surface area contributed by atoms with E-state index < -0.39 is 0 Å². The van der Waals surface area contributed by atoms with E-state index in [1.807, 2.05) is 30.3 Å². The Kier molecular flexibility index (Phi) is 6.10. The quantitative estimate of drug-likeness (QED) is 0.545. The van der Waals surface area contributed by atoms with Gasteiger partial charge < -0.3 is 15.4 Å². The molecular formula is C22H24ClN5O. The van der Waals surface area contributed by atoms with E-state index in [0.29, 0.717) is 28.6 Å². The number of aromatic nitrogens is 3. The number of nitrogens with zero attached hydrogens (tertiary/aromatic N) is 3. The van der Waals surface area contributed by atoms with Gasteiger partial charge in [0.1, 0.15) is 11.6 Å². The first-order valence-electron chi connectivity index (χ1n) is 9.88. The van der Waals surface area contributed by atoms with Gasteiger partial charge in [-0.15, -0.1) is 0 Å². The van der Waals surface area contributed by atoms with Gasteiger partial charge in [-0.05, 0) is 43.2 Å². The van der Waals surface area contributed by atoms with Crippen molar-refractivity contribution in [3.8, 4) is 17.0 Å². The molecule has 0 aliphatic heterocycles. The molecule has 0 unspecified atom stereocenters. The predicted octanol–water partition coefficient (Wildman–Crippen LogP) is 5.69. The molecule has 1 fully saturated rings. The lowest BCUT2D eigenvalue weighted by Crippen LogP contribution is -2.23. The highest BCUT2D eigenvalue weighted by Gasteiger charge is 2.16. The maximum absolute atomic E-state index is 6.18. The van der Waals surface area contributed by atoms with E-state index >= 15 is 0 Å². The Morgan fingerprint density at radius 1 is 1.07 bits per heavy atom. The third kappa shape index (κ3) is 4.95. The van der Waals surface area contributed by atoms with Gasteiger partial charge in [-0.3, -0.25) is 4.98 Å². The average molecular weight is 410 g/mol. The fourth-order valence-corrected chi connectivity index (χ4v) is 3.76. The third-order valence-electron chi connectivity index (χ3n) is 5.05. The molecule has 1 saturated carbocycles. The van der Waals surface area contributed by atoms with Gasteiger partial charge in [0.15, 0.2) is 0 Å². The number of halogens is 1. The summed E-state index contributed by atoms with van der Waals surface area (Å²) in [5, 5.41) is 7.47. The number of pyridine rings is 1. The zero-order chi connectivity index (χ0) is 20.1. The molecule has 6 nitrogen and oxygen atoms in total. The first-order valence-corrected chi connectivity index (χ1v) is 10.3. The number of ether oxygens (including phenoxy) is 1. The van der Waals surface area contributed by atoms with Crippen LogP contribution in [0.2, 0.25) is 5.02 Å². The molecule has 150 valence electrons. The lowest BCUT2D eigenvalue weighted by Gasteiger charge is -2.23. The number of anilines is 3. The maximum atomic E-state index is 6.18. The molecule has 1 aliphatic carbocycles. The summed E-state index contributed by atoms with van der Waals surface area (Å²) in [6, 6.07) is 11.6. The summed E-state index contributed by atoms with van der Waals surface area (Å²) in [6.07, 6.45) is 9.63. The van der Waals surface area contributed by atoms with Crippen LogP contribution in [0.1, 0.15) is 32.1 Å². The molecule has 0 bridgehead atoms. The second kappa shape index (κ2) is 9.09. The normalized spacial score (nSPS) is 14.4. The fraction of sp³-hybridized carbons (Fsp3) is 0.318. The zero-order valence-electron chi connectivity index (χ0n) is 16.4. The smallest absolute Gasteiger partial charge is 0.225 e. The highest BCUT2D eigenvalue weighted by atomic mass is 35.5. The highest BCUT2D eigenvalue weighted by Crippen LogP contribution is 2.31. The second-order valence-electron chi connectivity index (χ2n) is 7.15. The SMILES string of the molecule is COc1ccc(Cl)cc1Nc1cc(-c2cccnc2)nc(NC2CCCCC2)n1. The van der Waals surface area contributed by atoms with E-state index in [1.165, 1.54) is 19.3 Å². The lowest BCUT2D eigenvalue weighted by molar-refractivity contribution is 0.417. The Bertz CT molecular complexity index is 961. The van der Waals surface area contributed by atoms with Gasteiger partial charge in [-0.1, -0.05) is 30.9 Å². The molecule has 4 rings (SSSR count). The van der Waals surface area contributed by atoms with Crippen molar-refractivity contribution in [2.75, 3.05) is 17.7 Å². The molecule has 2 heterocycles. The molecule has 0 spiro atoms. The summed E-state index contributed by atoms with van der Waals surface area (Å²) in [5.74, 6) is 1.97. The van der Waals surface area contributed by atoms with Gasteiger partial charge in [0.05, 0.1) is 18.5 Å². The predicted molar refractivity (Wildman–Crippen MR) is 117 cm³/mol. The topological polar surface area (TPSA) is 72.0 Å². The van der Waals surface area contributed by atoms with Crippen LogP contribution in [0.25, 0.3) is 11.3 Å². The number of rotatable bonds is 6. The minimum atomic E-state index is 0.404. The van der Waals surface area contributed by atoms with E-state index in [1.54, 1.807) is 25.6 Å². The van der Waals surface area contributed by atoms with Crippen molar-refractivity contribution in [1.29, 1.82) is 0 Å². The monoisotopic (exact) mass is 409 g/mol. The summed E-state index contributed by atoms with van der Waals surface area (Å²) in [4.78, 5) is 13.7. The zero-order valence-corrected chi connectivity index (χ0v) is 17.1. The first kappa shape index (κ1) is 19.5. The molecular weight excluding hydrogens is 386 g/mol. The highest BCUT2D eigenvalue weighted by molar-refractivity contribution is 6.31. The van der Waals surface area contributed by atoms with Crippen molar-refractivity contribution in [3.63, 3.8) is 0 Å². The standard InChI is InChI=1S/C22H24ClN5O/c1-29-20-10-9-16(23)12-19(20)26-21-13-18(15-6-5-11-24-14-15)27-22(28-21)25-17-7-3-2-4-8-17/h5-6,9-14,17H,2-4,7-8H2,1H3,(H2,25,26,27,28). The van der Waals surface area contributed by atoms with Crippen LogP contribution >= 0.6 is 11.6 Å². The number of nitrogens with one attached hydrogen (secondary N) is 2. The molecule has 7 heteroatoms. The van der Waals surface area contributed by atoms with Gasteiger partial charge in [0.2, 0.25) is 5.95 Å². The van der Waals surface area contributed by atoms with Gasteiger partial charge in [-0.25, -0.2) is 4.98 Å². The van der Waals surface area contributed by atoms with Crippen LogP contribution in [0.15, 0.2) is 48.8 Å². The number of methoxy groups -OCH3 is 1. The largest absolute Gasteiger partial charge is 0.495 e. The Hall–Kier alpha value is -2.86. The summed E-state index contributed by atoms with van der Waals surface area (Å²) >= 11 is 6.18. The van der Waals surface area contributed by atoms with Crippen molar-refractivity contribution >= 4 is 29.1 Å². The van der Waals surface area contributed by atoms with Crippen LogP contribution in [0.3, 0.4) is 0 Å². The van der Waals surface area contributed by atoms with Crippen LogP contribution in [-0.4, -0.2) is 28.1 Å². The van der Waals surface area contributed by atoms with Crippen LogP contribution < -0.4 is 15.4 Å². The van der Waals surface area contributed by atoms with E-state index in [9.17, 15) is 0 Å². The van der Waals surface area contributed by atoms with Gasteiger partial charge >= 0.3 is 0 Å². The number of hydrogen-bond donors (Lipinski definition) is 2. The molecule has 2 N–H and O–H groups in total. The van der Waals surface area contributed by atoms with Crippen LogP contribution in [0.4, 0.5) is 17.5 Å². The average Bonchev–Trinajstić information content (AvgIpc) is 2.75. The van der Waals surface area contributed by atoms with Crippen molar-refractivity contribution in [2.45, 2.75) is 38.1 Å². The molecule has 0 amide bonds. The van der Waals surface area contributed by atoms with Crippen molar-refractivity contribution in [1.82, 2.24) is 15.0 Å². The Morgan fingerprint density at radius 2 is 1.93 bits per heavy atom. The van der Waals surface area contributed by atoms with E-state index in [4.69, 9.17) is 26.3 Å². The first-order chi connectivity index (χ1) is 14.2. The van der Waals surface area contributed by atoms with Gasteiger partial charge in [-0.2, -0.15) is 4.98 Å². The molecule has 3 aromatic rings. The minimum Gasteiger partial charge on any atom is -0.495 e. The Labute approximate surface area is 175 Å². The maximum Gasteiger partial charge on any atom is 0.225 e. The van der Waals surface area contributed by atoms with Crippen molar-refractivity contribution in [2.24, 2.45) is 0 Å². The van der Waals surface area contributed by atoms with Crippen molar-refractivity contribution < 1.29 is 4.74 Å². The minimum absolute atomic E-state index is 0.404. The molecule has 0 atom stereocenters. The van der Waals surface area contributed by atoms with E-state index in [-0.39, 0.29) is 0 Å². The number of benzene rings is 1. The molecule has 29 heavy (non-hydrogen) atoms. The summed E-state index contributed by atoms with van der Waals surface area (Å²) in [5.41, 5.74) is 2.48. The molecule has 0 saturated heterocycles. The molecule has 2 aromatic heterocycles. The summed E-state index contributed by atoms with van der Waals surface area (Å²) in [7, 11) is 1.63. The van der Waals surface area contributed by atoms with Gasteiger partial charge in [0, 0.05) is 35.1 Å². The number of hydrogen-bond acceptors (Lipinski definition) is 6. The summed E-state index contributed by atoms with van der Waals surface area (Å²) < 4.78 is 5.45. The summed E-state index contributed by atoms with van der Waals surface area (Å²) in [6.45, 7) is 0. The van der Waals surface area contributed by atoms with Crippen LogP contribution in [0, 0.1) is 0 Å². The van der Waals surface area contributed by atoms with Gasteiger partial charge in [0.25, 0.3) is 0 Å². The lowest BCUT2D eigenvalue weighted by atomic mass is 9.96. The third-order valence-corrected chi connectivity index (χ3v) is 5.28. The van der Waals surface area contributed by atoms with E-state index in [0.717, 1.165) is 29.8 Å². The molecule has 1 aromatic carbocycles. The molecule has 0 radical (unpaired) electrons. The molecule has 1 aliphatic rings.